The summed E-state index contributed by atoms with van der Waals surface area (Å²) in [6.07, 6.45) is 0. The van der Waals surface area contributed by atoms with Crippen molar-refractivity contribution >= 4 is 43.9 Å². The maximum Gasteiger partial charge on any atom is 0.221 e. The van der Waals surface area contributed by atoms with E-state index in [1.54, 1.807) is 18.4 Å². The zero-order valence-electron chi connectivity index (χ0n) is 13.2. The molecule has 0 saturated carbocycles. The van der Waals surface area contributed by atoms with E-state index in [9.17, 15) is 4.79 Å². The molecule has 120 valence electrons. The fourth-order valence-electron chi connectivity index (χ4n) is 2.86. The number of methoxy groups -OCH3 is 1. The molecule has 1 amide bonds. The maximum absolute atomic E-state index is 11.4. The summed E-state index contributed by atoms with van der Waals surface area (Å²) in [4.78, 5) is 12.5. The monoisotopic (exact) mass is 337 g/mol. The standard InChI is InChI=1S/C18H15N3O2S/c1-10(22)19-13-8-7-12-16(18(13)23-2)17(21-20-12)15-9-11-5-3-4-6-14(11)24-15/h3-9H,1-2H3,(H,19,22)(H,20,21). The lowest BCUT2D eigenvalue weighted by Gasteiger charge is -2.10. The Bertz CT molecular complexity index is 1030. The third kappa shape index (κ3) is 2.32. The summed E-state index contributed by atoms with van der Waals surface area (Å²) in [6.45, 7) is 1.48. The van der Waals surface area contributed by atoms with E-state index in [1.807, 2.05) is 24.3 Å². The Morgan fingerprint density at radius 2 is 2.08 bits per heavy atom. The second-order valence-electron chi connectivity index (χ2n) is 5.47. The van der Waals surface area contributed by atoms with Crippen LogP contribution < -0.4 is 10.1 Å². The highest BCUT2D eigenvalue weighted by Crippen LogP contribution is 2.42. The third-order valence-electron chi connectivity index (χ3n) is 3.86. The minimum atomic E-state index is -0.139. The Hall–Kier alpha value is -2.86. The van der Waals surface area contributed by atoms with Gasteiger partial charge in [-0.1, -0.05) is 18.2 Å². The highest BCUT2D eigenvalue weighted by molar-refractivity contribution is 7.22. The Labute approximate surface area is 142 Å². The second kappa shape index (κ2) is 5.65. The average molecular weight is 337 g/mol. The van der Waals surface area contributed by atoms with E-state index in [-0.39, 0.29) is 5.91 Å². The van der Waals surface area contributed by atoms with Gasteiger partial charge in [0.2, 0.25) is 5.91 Å². The van der Waals surface area contributed by atoms with E-state index in [2.05, 4.69) is 33.7 Å². The number of thiophene rings is 1. The molecule has 0 fully saturated rings. The van der Waals surface area contributed by atoms with Gasteiger partial charge in [-0.05, 0) is 29.7 Å². The van der Waals surface area contributed by atoms with Crippen LogP contribution in [0, 0.1) is 0 Å². The highest BCUT2D eigenvalue weighted by Gasteiger charge is 2.18. The molecule has 6 heteroatoms. The van der Waals surface area contributed by atoms with Crippen LogP contribution in [0.1, 0.15) is 6.92 Å². The van der Waals surface area contributed by atoms with Crippen molar-refractivity contribution in [3.63, 3.8) is 0 Å². The summed E-state index contributed by atoms with van der Waals surface area (Å²) >= 11 is 1.68. The average Bonchev–Trinajstić information content (AvgIpc) is 3.17. The van der Waals surface area contributed by atoms with Gasteiger partial charge in [-0.25, -0.2) is 0 Å². The number of hydrogen-bond donors (Lipinski definition) is 2. The van der Waals surface area contributed by atoms with E-state index >= 15 is 0 Å². The molecule has 0 saturated heterocycles. The lowest BCUT2D eigenvalue weighted by atomic mass is 10.1. The topological polar surface area (TPSA) is 67.0 Å². The van der Waals surface area contributed by atoms with Crippen LogP contribution in [-0.2, 0) is 4.79 Å². The van der Waals surface area contributed by atoms with Crippen LogP contribution in [0.2, 0.25) is 0 Å². The fourth-order valence-corrected chi connectivity index (χ4v) is 3.92. The van der Waals surface area contributed by atoms with Crippen LogP contribution in [0.3, 0.4) is 0 Å². The molecule has 0 spiro atoms. The quantitative estimate of drug-likeness (QED) is 0.582. The number of aromatic nitrogens is 2. The van der Waals surface area contributed by atoms with Gasteiger partial charge in [0, 0.05) is 11.6 Å². The van der Waals surface area contributed by atoms with Gasteiger partial charge in [0.15, 0.2) is 5.75 Å². The van der Waals surface area contributed by atoms with Crippen molar-refractivity contribution in [3.05, 3.63) is 42.5 Å². The van der Waals surface area contributed by atoms with Crippen LogP contribution in [0.5, 0.6) is 5.75 Å². The number of rotatable bonds is 3. The van der Waals surface area contributed by atoms with E-state index in [0.717, 1.165) is 21.5 Å². The minimum absolute atomic E-state index is 0.139. The molecular weight excluding hydrogens is 322 g/mol. The number of H-pyrrole nitrogens is 1. The molecule has 0 bridgehead atoms. The molecule has 0 aliphatic heterocycles. The Morgan fingerprint density at radius 3 is 2.83 bits per heavy atom. The number of nitrogens with zero attached hydrogens (tertiary/aromatic N) is 1. The molecule has 2 N–H and O–H groups in total. The minimum Gasteiger partial charge on any atom is -0.494 e. The van der Waals surface area contributed by atoms with Gasteiger partial charge >= 0.3 is 0 Å². The van der Waals surface area contributed by atoms with Gasteiger partial charge in [-0.2, -0.15) is 5.10 Å². The zero-order chi connectivity index (χ0) is 16.7. The third-order valence-corrected chi connectivity index (χ3v) is 4.98. The molecule has 2 heterocycles. The first kappa shape index (κ1) is 14.7. The molecule has 0 aliphatic carbocycles. The number of amides is 1. The van der Waals surface area contributed by atoms with Crippen molar-refractivity contribution in [1.82, 2.24) is 10.2 Å². The Kier molecular flexibility index (Phi) is 3.46. The van der Waals surface area contributed by atoms with Crippen LogP contribution >= 0.6 is 11.3 Å². The highest BCUT2D eigenvalue weighted by atomic mass is 32.1. The lowest BCUT2D eigenvalue weighted by molar-refractivity contribution is -0.114. The first-order valence-corrected chi connectivity index (χ1v) is 8.30. The number of ether oxygens (including phenoxy) is 1. The van der Waals surface area contributed by atoms with Crippen LogP contribution in [0.25, 0.3) is 31.6 Å². The van der Waals surface area contributed by atoms with Gasteiger partial charge < -0.3 is 10.1 Å². The van der Waals surface area contributed by atoms with Gasteiger partial charge in [0.1, 0.15) is 5.69 Å². The largest absolute Gasteiger partial charge is 0.494 e. The predicted molar refractivity (Wildman–Crippen MR) is 97.8 cm³/mol. The van der Waals surface area contributed by atoms with E-state index in [1.165, 1.54) is 17.0 Å². The van der Waals surface area contributed by atoms with Crippen LogP contribution in [0.4, 0.5) is 5.69 Å². The van der Waals surface area contributed by atoms with E-state index in [4.69, 9.17) is 4.74 Å². The molecule has 0 aliphatic rings. The summed E-state index contributed by atoms with van der Waals surface area (Å²) in [5, 5.41) is 12.4. The number of hydrogen-bond acceptors (Lipinski definition) is 4. The first-order chi connectivity index (χ1) is 11.7. The van der Waals surface area contributed by atoms with E-state index in [0.29, 0.717) is 11.4 Å². The second-order valence-corrected chi connectivity index (χ2v) is 6.55. The first-order valence-electron chi connectivity index (χ1n) is 7.49. The summed E-state index contributed by atoms with van der Waals surface area (Å²) in [7, 11) is 1.60. The number of benzene rings is 2. The van der Waals surface area contributed by atoms with Gasteiger partial charge in [0.05, 0.1) is 28.6 Å². The van der Waals surface area contributed by atoms with Crippen LogP contribution in [0.15, 0.2) is 42.5 Å². The molecule has 0 atom stereocenters. The number of carbonyl (C=O) groups is 1. The number of aromatic amines is 1. The van der Waals surface area contributed by atoms with Gasteiger partial charge in [-0.3, -0.25) is 9.89 Å². The van der Waals surface area contributed by atoms with Crippen LogP contribution in [-0.4, -0.2) is 23.2 Å². The van der Waals surface area contributed by atoms with Crippen molar-refractivity contribution in [2.24, 2.45) is 0 Å². The molecule has 0 unspecified atom stereocenters. The molecule has 5 nitrogen and oxygen atoms in total. The zero-order valence-corrected chi connectivity index (χ0v) is 14.0. The molecule has 0 radical (unpaired) electrons. The van der Waals surface area contributed by atoms with Crippen molar-refractivity contribution < 1.29 is 9.53 Å². The summed E-state index contributed by atoms with van der Waals surface area (Å²) < 4.78 is 6.79. The van der Waals surface area contributed by atoms with Gasteiger partial charge in [-0.15, -0.1) is 11.3 Å². The van der Waals surface area contributed by atoms with E-state index < -0.39 is 0 Å². The lowest BCUT2D eigenvalue weighted by Crippen LogP contribution is -2.07. The molecule has 24 heavy (non-hydrogen) atoms. The number of carbonyl (C=O) groups excluding carboxylic acids is 1. The molecular formula is C18H15N3O2S. The number of anilines is 1. The predicted octanol–water partition coefficient (Wildman–Crippen LogP) is 4.41. The van der Waals surface area contributed by atoms with Crippen molar-refractivity contribution in [1.29, 1.82) is 0 Å². The van der Waals surface area contributed by atoms with Crippen molar-refractivity contribution in [2.45, 2.75) is 6.92 Å². The molecule has 4 rings (SSSR count). The summed E-state index contributed by atoms with van der Waals surface area (Å²) in [6, 6.07) is 14.1. The SMILES string of the molecule is COc1c(NC(C)=O)ccc2[nH]nc(-c3cc4ccccc4s3)c12. The smallest absolute Gasteiger partial charge is 0.221 e. The van der Waals surface area contributed by atoms with Gasteiger partial charge in [0.25, 0.3) is 0 Å². The molecule has 2 aromatic carbocycles. The molecule has 2 aromatic heterocycles. The normalized spacial score (nSPS) is 11.1. The maximum atomic E-state index is 11.4. The summed E-state index contributed by atoms with van der Waals surface area (Å²) in [5.41, 5.74) is 2.34. The summed E-state index contributed by atoms with van der Waals surface area (Å²) in [5.74, 6) is 0.475. The fraction of sp³-hybridized carbons (Fsp3) is 0.111. The number of fused-ring (bicyclic) bond motifs is 2. The van der Waals surface area contributed by atoms with Crippen molar-refractivity contribution in [3.8, 4) is 16.3 Å². The molecule has 4 aromatic rings. The number of nitrogens with one attached hydrogen (secondary N) is 2. The Balaban J connectivity index is 1.96. The van der Waals surface area contributed by atoms with Crippen molar-refractivity contribution in [2.75, 3.05) is 12.4 Å². The Morgan fingerprint density at radius 1 is 1.25 bits per heavy atom.